The lowest BCUT2D eigenvalue weighted by molar-refractivity contribution is 0.0391. The molecule has 1 saturated heterocycles. The maximum atomic E-state index is 13.9. The summed E-state index contributed by atoms with van der Waals surface area (Å²) in [7, 11) is 0. The van der Waals surface area contributed by atoms with Crippen LogP contribution in [-0.2, 0) is 4.74 Å². The number of imidazole rings is 1. The number of morpholine rings is 1. The Labute approximate surface area is 207 Å². The minimum Gasteiger partial charge on any atom is -0.379 e. The van der Waals surface area contributed by atoms with Crippen molar-refractivity contribution in [2.45, 2.75) is 13.8 Å². The summed E-state index contributed by atoms with van der Waals surface area (Å²) in [6.07, 6.45) is 1.88. The molecule has 1 aliphatic heterocycles. The van der Waals surface area contributed by atoms with Gasteiger partial charge in [0, 0.05) is 37.4 Å². The van der Waals surface area contributed by atoms with Crippen molar-refractivity contribution in [2.75, 3.05) is 44.3 Å². The molecule has 0 atom stereocenters. The molecular weight excluding hydrogens is 481 g/mol. The van der Waals surface area contributed by atoms with E-state index in [9.17, 15) is 4.79 Å². The molecule has 33 heavy (non-hydrogen) atoms. The van der Waals surface area contributed by atoms with Crippen LogP contribution in [-0.4, -0.2) is 64.6 Å². The molecule has 7 nitrogen and oxygen atoms in total. The van der Waals surface area contributed by atoms with Crippen molar-refractivity contribution in [3.05, 3.63) is 58.5 Å². The largest absolute Gasteiger partial charge is 0.379 e. The van der Waals surface area contributed by atoms with Crippen molar-refractivity contribution in [3.63, 3.8) is 0 Å². The van der Waals surface area contributed by atoms with E-state index in [0.29, 0.717) is 28.1 Å². The van der Waals surface area contributed by atoms with E-state index in [1.54, 1.807) is 4.90 Å². The highest BCUT2D eigenvalue weighted by molar-refractivity contribution is 7.22. The fraction of sp³-hybridized carbons (Fsp3) is 0.348. The Morgan fingerprint density at radius 1 is 1.21 bits per heavy atom. The van der Waals surface area contributed by atoms with Crippen molar-refractivity contribution < 1.29 is 9.53 Å². The SMILES string of the molecule is Cc1nc2ccccn2c1C(=O)N(CCN1CCOCC1)c1nc2c(C)cc(Cl)cc2s1.Cl. The highest BCUT2D eigenvalue weighted by Crippen LogP contribution is 2.34. The molecule has 1 fully saturated rings. The normalized spacial score (nSPS) is 14.5. The first kappa shape index (κ1) is 23.9. The zero-order chi connectivity index (χ0) is 22.2. The molecule has 0 unspecified atom stereocenters. The number of ether oxygens (including phenoxy) is 1. The summed E-state index contributed by atoms with van der Waals surface area (Å²) >= 11 is 7.77. The second-order valence-electron chi connectivity index (χ2n) is 7.95. The molecule has 0 radical (unpaired) electrons. The number of rotatable bonds is 5. The van der Waals surface area contributed by atoms with Gasteiger partial charge in [-0.15, -0.1) is 12.4 Å². The van der Waals surface area contributed by atoms with E-state index in [4.69, 9.17) is 21.3 Å². The van der Waals surface area contributed by atoms with Gasteiger partial charge in [-0.2, -0.15) is 0 Å². The Morgan fingerprint density at radius 2 is 2.00 bits per heavy atom. The maximum Gasteiger partial charge on any atom is 0.279 e. The van der Waals surface area contributed by atoms with Crippen LogP contribution in [0, 0.1) is 13.8 Å². The van der Waals surface area contributed by atoms with Gasteiger partial charge < -0.3 is 4.74 Å². The predicted octanol–water partition coefficient (Wildman–Crippen LogP) is 4.62. The summed E-state index contributed by atoms with van der Waals surface area (Å²) in [5.41, 5.74) is 3.91. The minimum atomic E-state index is -0.0998. The molecule has 174 valence electrons. The van der Waals surface area contributed by atoms with Crippen LogP contribution in [0.1, 0.15) is 21.7 Å². The molecule has 10 heteroatoms. The van der Waals surface area contributed by atoms with Crippen molar-refractivity contribution in [3.8, 4) is 0 Å². The van der Waals surface area contributed by atoms with E-state index in [-0.39, 0.29) is 18.3 Å². The van der Waals surface area contributed by atoms with Gasteiger partial charge in [0.25, 0.3) is 5.91 Å². The zero-order valence-corrected chi connectivity index (χ0v) is 20.8. The average molecular weight is 506 g/mol. The number of carbonyl (C=O) groups excluding carboxylic acids is 1. The number of anilines is 1. The number of benzene rings is 1. The fourth-order valence-electron chi connectivity index (χ4n) is 4.11. The summed E-state index contributed by atoms with van der Waals surface area (Å²) in [6.45, 7) is 8.33. The molecule has 0 bridgehead atoms. The Hall–Kier alpha value is -2.23. The van der Waals surface area contributed by atoms with Crippen LogP contribution in [0.15, 0.2) is 36.5 Å². The second-order valence-corrected chi connectivity index (χ2v) is 9.40. The Balaban J connectivity index is 0.00000259. The fourth-order valence-corrected chi connectivity index (χ4v) is 5.55. The molecule has 1 amide bonds. The second kappa shape index (κ2) is 9.95. The molecule has 0 spiro atoms. The van der Waals surface area contributed by atoms with Crippen LogP contribution in [0.2, 0.25) is 5.02 Å². The number of thiazole rings is 1. The lowest BCUT2D eigenvalue weighted by Gasteiger charge is -2.29. The Morgan fingerprint density at radius 3 is 2.79 bits per heavy atom. The van der Waals surface area contributed by atoms with Gasteiger partial charge in [0.15, 0.2) is 5.13 Å². The summed E-state index contributed by atoms with van der Waals surface area (Å²) in [4.78, 5) is 27.4. The third kappa shape index (κ3) is 4.72. The van der Waals surface area contributed by atoms with Crippen LogP contribution in [0.5, 0.6) is 0 Å². The van der Waals surface area contributed by atoms with E-state index in [0.717, 1.165) is 54.3 Å². The smallest absolute Gasteiger partial charge is 0.279 e. The highest BCUT2D eigenvalue weighted by Gasteiger charge is 2.27. The molecule has 0 saturated carbocycles. The third-order valence-electron chi connectivity index (χ3n) is 5.77. The topological polar surface area (TPSA) is 63.0 Å². The van der Waals surface area contributed by atoms with Gasteiger partial charge in [0.1, 0.15) is 11.3 Å². The third-order valence-corrected chi connectivity index (χ3v) is 7.01. The number of aromatic nitrogens is 3. The lowest BCUT2D eigenvalue weighted by Crippen LogP contribution is -2.43. The van der Waals surface area contributed by atoms with Crippen LogP contribution in [0.3, 0.4) is 0 Å². The summed E-state index contributed by atoms with van der Waals surface area (Å²) in [6, 6.07) is 9.56. The van der Waals surface area contributed by atoms with E-state index in [1.165, 1.54) is 11.3 Å². The Bertz CT molecular complexity index is 1300. The van der Waals surface area contributed by atoms with Gasteiger partial charge in [-0.05, 0) is 43.7 Å². The van der Waals surface area contributed by atoms with E-state index >= 15 is 0 Å². The van der Waals surface area contributed by atoms with Crippen molar-refractivity contribution >= 4 is 62.2 Å². The first-order valence-electron chi connectivity index (χ1n) is 10.6. The molecule has 5 rings (SSSR count). The van der Waals surface area contributed by atoms with Crippen LogP contribution < -0.4 is 4.90 Å². The molecule has 1 aromatic carbocycles. The van der Waals surface area contributed by atoms with Gasteiger partial charge in [-0.3, -0.25) is 19.0 Å². The van der Waals surface area contributed by atoms with E-state index < -0.39 is 0 Å². The number of carbonyl (C=O) groups is 1. The van der Waals surface area contributed by atoms with Gasteiger partial charge in [0.2, 0.25) is 0 Å². The standard InChI is InChI=1S/C23H24ClN5O2S.ClH/c1-15-13-17(24)14-18-20(15)26-23(32-18)29(8-7-27-9-11-31-12-10-27)22(30)21-16(2)25-19-5-3-4-6-28(19)21;/h3-6,13-14H,7-12H2,1-2H3;1H. The summed E-state index contributed by atoms with van der Waals surface area (Å²) in [5, 5.41) is 1.35. The number of hydrogen-bond donors (Lipinski definition) is 0. The minimum absolute atomic E-state index is 0. The van der Waals surface area contributed by atoms with Crippen molar-refractivity contribution in [2.24, 2.45) is 0 Å². The van der Waals surface area contributed by atoms with Gasteiger partial charge >= 0.3 is 0 Å². The number of aryl methyl sites for hydroxylation is 2. The molecular formula is C23H25Cl2N5O2S. The van der Waals surface area contributed by atoms with Gasteiger partial charge in [-0.1, -0.05) is 29.0 Å². The van der Waals surface area contributed by atoms with E-state index in [2.05, 4.69) is 9.88 Å². The number of hydrogen-bond acceptors (Lipinski definition) is 6. The van der Waals surface area contributed by atoms with Crippen molar-refractivity contribution in [1.82, 2.24) is 19.3 Å². The lowest BCUT2D eigenvalue weighted by atomic mass is 10.2. The van der Waals surface area contributed by atoms with Crippen molar-refractivity contribution in [1.29, 1.82) is 0 Å². The molecule has 4 heterocycles. The number of amides is 1. The monoisotopic (exact) mass is 505 g/mol. The molecule has 0 aliphatic carbocycles. The quantitative estimate of drug-likeness (QED) is 0.396. The summed E-state index contributed by atoms with van der Waals surface area (Å²) in [5.74, 6) is -0.0998. The van der Waals surface area contributed by atoms with Crippen LogP contribution >= 0.6 is 35.3 Å². The number of fused-ring (bicyclic) bond motifs is 2. The first-order chi connectivity index (χ1) is 15.5. The van der Waals surface area contributed by atoms with E-state index in [1.807, 2.05) is 54.8 Å². The highest BCUT2D eigenvalue weighted by atomic mass is 35.5. The Kier molecular flexibility index (Phi) is 7.21. The number of halogens is 2. The molecule has 3 aromatic heterocycles. The predicted molar refractivity (Wildman–Crippen MR) is 135 cm³/mol. The summed E-state index contributed by atoms with van der Waals surface area (Å²) < 4.78 is 8.30. The average Bonchev–Trinajstić information content (AvgIpc) is 3.34. The molecule has 0 N–H and O–H groups in total. The molecule has 4 aromatic rings. The number of nitrogens with zero attached hydrogens (tertiary/aromatic N) is 5. The van der Waals surface area contributed by atoms with Crippen LogP contribution in [0.25, 0.3) is 15.9 Å². The maximum absolute atomic E-state index is 13.9. The first-order valence-corrected chi connectivity index (χ1v) is 11.8. The zero-order valence-electron chi connectivity index (χ0n) is 18.5. The van der Waals surface area contributed by atoms with Crippen LogP contribution in [0.4, 0.5) is 5.13 Å². The number of pyridine rings is 1. The molecule has 1 aliphatic rings. The van der Waals surface area contributed by atoms with Gasteiger partial charge in [-0.25, -0.2) is 9.97 Å². The van der Waals surface area contributed by atoms with Gasteiger partial charge in [0.05, 0.1) is 29.1 Å².